The molecule has 2 unspecified atom stereocenters. The van der Waals surface area contributed by atoms with Crippen molar-refractivity contribution in [2.45, 2.75) is 18.4 Å². The molecule has 2 atom stereocenters. The fraction of sp³-hybridized carbons (Fsp3) is 0.231. The molecule has 6 N–H and O–H groups in total. The number of hydrogen-bond acceptors (Lipinski definition) is 3. The van der Waals surface area contributed by atoms with Gasteiger partial charge >= 0.3 is 0 Å². The second kappa shape index (κ2) is 3.68. The van der Waals surface area contributed by atoms with Gasteiger partial charge in [0.05, 0.1) is 0 Å². The minimum absolute atomic E-state index is 0.0663. The topological polar surface area (TPSA) is 78.1 Å². The largest absolute Gasteiger partial charge is 0.399 e. The lowest BCUT2D eigenvalue weighted by Gasteiger charge is -2.34. The Morgan fingerprint density at radius 1 is 1.12 bits per heavy atom. The van der Waals surface area contributed by atoms with Crippen LogP contribution in [0.15, 0.2) is 48.2 Å². The molecule has 84 valence electrons. The zero-order chi connectivity index (χ0) is 11.8. The monoisotopic (exact) mass is 215 g/mol. The number of nitrogen functional groups attached to an aromatic ring is 1. The molecule has 2 rings (SSSR count). The number of allylic oxidation sites excluding steroid dienone is 1. The van der Waals surface area contributed by atoms with Gasteiger partial charge in [0.15, 0.2) is 0 Å². The third-order valence-corrected chi connectivity index (χ3v) is 3.19. The predicted octanol–water partition coefficient (Wildman–Crippen LogP) is 1.27. The molecular weight excluding hydrogens is 198 g/mol. The quantitative estimate of drug-likeness (QED) is 0.617. The maximum Gasteiger partial charge on any atom is 0.0359 e. The zero-order valence-corrected chi connectivity index (χ0v) is 9.35. The summed E-state index contributed by atoms with van der Waals surface area (Å²) in [6.45, 7) is 2.08. The van der Waals surface area contributed by atoms with Gasteiger partial charge in [-0.25, -0.2) is 0 Å². The summed E-state index contributed by atoms with van der Waals surface area (Å²) in [6.07, 6.45) is 5.79. The van der Waals surface area contributed by atoms with Crippen molar-refractivity contribution in [2.75, 3.05) is 5.73 Å². The van der Waals surface area contributed by atoms with Gasteiger partial charge in [0, 0.05) is 22.8 Å². The van der Waals surface area contributed by atoms with E-state index in [9.17, 15) is 0 Å². The SMILES string of the molecule is CC1(c2ccc(N)cc2)C=C(N)C=CC1N. The summed E-state index contributed by atoms with van der Waals surface area (Å²) in [6, 6.07) is 7.70. The van der Waals surface area contributed by atoms with Crippen molar-refractivity contribution >= 4 is 5.69 Å². The Bertz CT molecular complexity index is 445. The van der Waals surface area contributed by atoms with Gasteiger partial charge in [-0.3, -0.25) is 0 Å². The lowest BCUT2D eigenvalue weighted by Crippen LogP contribution is -2.42. The van der Waals surface area contributed by atoms with Crippen LogP contribution >= 0.6 is 0 Å². The third kappa shape index (κ3) is 1.70. The van der Waals surface area contributed by atoms with Crippen LogP contribution in [-0.4, -0.2) is 6.04 Å². The van der Waals surface area contributed by atoms with Crippen molar-refractivity contribution in [1.29, 1.82) is 0 Å². The second-order valence-electron chi connectivity index (χ2n) is 4.43. The Kier molecular flexibility index (Phi) is 2.48. The molecule has 16 heavy (non-hydrogen) atoms. The first-order valence-corrected chi connectivity index (χ1v) is 5.30. The first-order valence-electron chi connectivity index (χ1n) is 5.30. The van der Waals surface area contributed by atoms with Crippen molar-refractivity contribution in [2.24, 2.45) is 11.5 Å². The molecule has 0 bridgehead atoms. The van der Waals surface area contributed by atoms with E-state index in [1.807, 2.05) is 42.5 Å². The van der Waals surface area contributed by atoms with Crippen LogP contribution < -0.4 is 17.2 Å². The molecule has 1 aromatic rings. The number of hydrogen-bond donors (Lipinski definition) is 3. The van der Waals surface area contributed by atoms with Gasteiger partial charge in [-0.2, -0.15) is 0 Å². The summed E-state index contributed by atoms with van der Waals surface area (Å²) >= 11 is 0. The fourth-order valence-corrected chi connectivity index (χ4v) is 2.02. The number of rotatable bonds is 1. The fourth-order valence-electron chi connectivity index (χ4n) is 2.02. The smallest absolute Gasteiger partial charge is 0.0359 e. The predicted molar refractivity (Wildman–Crippen MR) is 67.6 cm³/mol. The maximum atomic E-state index is 6.13. The number of anilines is 1. The molecule has 1 aliphatic carbocycles. The summed E-state index contributed by atoms with van der Waals surface area (Å²) in [7, 11) is 0. The minimum atomic E-state index is -0.257. The summed E-state index contributed by atoms with van der Waals surface area (Å²) in [5, 5.41) is 0. The summed E-state index contributed by atoms with van der Waals surface area (Å²) < 4.78 is 0. The van der Waals surface area contributed by atoms with Gasteiger partial charge < -0.3 is 17.2 Å². The highest BCUT2D eigenvalue weighted by molar-refractivity contribution is 5.46. The molecule has 0 aromatic heterocycles. The van der Waals surface area contributed by atoms with Crippen molar-refractivity contribution in [3.8, 4) is 0 Å². The molecule has 3 heteroatoms. The highest BCUT2D eigenvalue weighted by Crippen LogP contribution is 2.32. The molecule has 1 aliphatic rings. The van der Waals surface area contributed by atoms with Crippen LogP contribution in [0.2, 0.25) is 0 Å². The van der Waals surface area contributed by atoms with Crippen LogP contribution in [0.1, 0.15) is 12.5 Å². The van der Waals surface area contributed by atoms with Crippen LogP contribution in [0.3, 0.4) is 0 Å². The Balaban J connectivity index is 2.45. The Morgan fingerprint density at radius 2 is 1.75 bits per heavy atom. The Morgan fingerprint density at radius 3 is 2.38 bits per heavy atom. The van der Waals surface area contributed by atoms with Gasteiger partial charge in [0.2, 0.25) is 0 Å². The molecule has 0 aliphatic heterocycles. The van der Waals surface area contributed by atoms with Gasteiger partial charge in [0.1, 0.15) is 0 Å². The molecule has 0 spiro atoms. The van der Waals surface area contributed by atoms with Crippen molar-refractivity contribution in [3.63, 3.8) is 0 Å². The van der Waals surface area contributed by atoms with Gasteiger partial charge in [-0.05, 0) is 29.8 Å². The van der Waals surface area contributed by atoms with Crippen molar-refractivity contribution < 1.29 is 0 Å². The second-order valence-corrected chi connectivity index (χ2v) is 4.43. The van der Waals surface area contributed by atoms with E-state index in [4.69, 9.17) is 17.2 Å². The number of benzene rings is 1. The van der Waals surface area contributed by atoms with E-state index in [0.717, 1.165) is 16.9 Å². The molecule has 0 saturated heterocycles. The standard InChI is InChI=1S/C13H17N3/c1-13(8-11(15)6-7-12(13)16)9-2-4-10(14)5-3-9/h2-8,12H,14-16H2,1H3. The molecule has 0 radical (unpaired) electrons. The summed E-state index contributed by atoms with van der Waals surface area (Å²) in [5.74, 6) is 0. The van der Waals surface area contributed by atoms with Gasteiger partial charge in [-0.1, -0.05) is 25.1 Å². The maximum absolute atomic E-state index is 6.13. The van der Waals surface area contributed by atoms with Crippen LogP contribution in [-0.2, 0) is 5.41 Å². The molecule has 0 saturated carbocycles. The first kappa shape index (κ1) is 10.8. The molecule has 1 aromatic carbocycles. The Labute approximate surface area is 95.6 Å². The van der Waals surface area contributed by atoms with E-state index in [0.29, 0.717) is 0 Å². The molecule has 3 nitrogen and oxygen atoms in total. The molecule has 0 fully saturated rings. The average molecular weight is 215 g/mol. The highest BCUT2D eigenvalue weighted by Gasteiger charge is 2.32. The normalized spacial score (nSPS) is 28.9. The van der Waals surface area contributed by atoms with Crippen LogP contribution in [0.4, 0.5) is 5.69 Å². The van der Waals surface area contributed by atoms with Gasteiger partial charge in [0.25, 0.3) is 0 Å². The van der Waals surface area contributed by atoms with E-state index in [-0.39, 0.29) is 11.5 Å². The lowest BCUT2D eigenvalue weighted by molar-refractivity contribution is 0.515. The van der Waals surface area contributed by atoms with Crippen molar-refractivity contribution in [1.82, 2.24) is 0 Å². The van der Waals surface area contributed by atoms with E-state index in [1.165, 1.54) is 0 Å². The summed E-state index contributed by atoms with van der Waals surface area (Å²) in [4.78, 5) is 0. The lowest BCUT2D eigenvalue weighted by atomic mass is 9.73. The Hall–Kier alpha value is -1.74. The van der Waals surface area contributed by atoms with E-state index in [1.54, 1.807) is 0 Å². The van der Waals surface area contributed by atoms with Crippen LogP contribution in [0, 0.1) is 0 Å². The molecule has 0 heterocycles. The van der Waals surface area contributed by atoms with Crippen LogP contribution in [0.5, 0.6) is 0 Å². The highest BCUT2D eigenvalue weighted by atomic mass is 14.7. The zero-order valence-electron chi connectivity index (χ0n) is 9.35. The molecular formula is C13H17N3. The molecule has 0 amide bonds. The van der Waals surface area contributed by atoms with E-state index in [2.05, 4.69) is 6.92 Å². The average Bonchev–Trinajstić information content (AvgIpc) is 2.25. The third-order valence-electron chi connectivity index (χ3n) is 3.19. The van der Waals surface area contributed by atoms with E-state index >= 15 is 0 Å². The van der Waals surface area contributed by atoms with Crippen molar-refractivity contribution in [3.05, 3.63) is 53.8 Å². The number of nitrogens with two attached hydrogens (primary N) is 3. The van der Waals surface area contributed by atoms with Crippen LogP contribution in [0.25, 0.3) is 0 Å². The minimum Gasteiger partial charge on any atom is -0.399 e. The van der Waals surface area contributed by atoms with Gasteiger partial charge in [-0.15, -0.1) is 0 Å². The first-order chi connectivity index (χ1) is 7.52. The van der Waals surface area contributed by atoms with E-state index < -0.39 is 0 Å². The summed E-state index contributed by atoms with van der Waals surface area (Å²) in [5.41, 5.74) is 20.0.